The Morgan fingerprint density at radius 3 is 1.83 bits per heavy atom. The summed E-state index contributed by atoms with van der Waals surface area (Å²) in [5.74, 6) is 0. The molecule has 1 N–H and O–H groups in total. The van der Waals surface area contributed by atoms with Crippen LogP contribution in [0, 0.1) is 5.41 Å². The summed E-state index contributed by atoms with van der Waals surface area (Å²) in [5, 5.41) is 6.88. The van der Waals surface area contributed by atoms with Gasteiger partial charge in [0.15, 0.2) is 0 Å². The fourth-order valence-electron chi connectivity index (χ4n) is 0.374. The molecular weight excluding hydrogens is 74.1 g/mol. The van der Waals surface area contributed by atoms with Gasteiger partial charge in [-0.25, -0.2) is 0 Å². The van der Waals surface area contributed by atoms with E-state index in [9.17, 15) is 0 Å². The van der Waals surface area contributed by atoms with Gasteiger partial charge in [0.2, 0.25) is 0 Å². The summed E-state index contributed by atoms with van der Waals surface area (Å²) in [6.07, 6.45) is 7.20. The van der Waals surface area contributed by atoms with Crippen LogP contribution in [0.4, 0.5) is 0 Å². The van der Waals surface area contributed by atoms with Crippen LogP contribution in [-0.4, -0.2) is 5.71 Å². The molecule has 0 heterocycles. The topological polar surface area (TPSA) is 23.9 Å². The molecule has 0 aliphatic heterocycles. The SMILES string of the molecule is N=C1C=CC=C1. The van der Waals surface area contributed by atoms with E-state index >= 15 is 0 Å². The third kappa shape index (κ3) is 0.385. The van der Waals surface area contributed by atoms with Gasteiger partial charge in [-0.3, -0.25) is 0 Å². The first kappa shape index (κ1) is 3.34. The van der Waals surface area contributed by atoms with Crippen LogP contribution in [0.3, 0.4) is 0 Å². The molecule has 0 aromatic rings. The normalized spacial score (nSPS) is 17.0. The fourth-order valence-corrected chi connectivity index (χ4v) is 0.374. The Bertz CT molecular complexity index is 106. The van der Waals surface area contributed by atoms with Crippen LogP contribution in [0.25, 0.3) is 0 Å². The molecule has 0 unspecified atom stereocenters. The minimum atomic E-state index is 0.593. The second-order valence-corrected chi connectivity index (χ2v) is 1.17. The van der Waals surface area contributed by atoms with Gasteiger partial charge < -0.3 is 5.41 Å². The van der Waals surface area contributed by atoms with Crippen molar-refractivity contribution in [3.8, 4) is 0 Å². The summed E-state index contributed by atoms with van der Waals surface area (Å²) < 4.78 is 0. The van der Waals surface area contributed by atoms with Crippen LogP contribution < -0.4 is 0 Å². The molecule has 1 nitrogen and oxygen atoms in total. The van der Waals surface area contributed by atoms with Crippen molar-refractivity contribution in [3.63, 3.8) is 0 Å². The number of hydrogen-bond acceptors (Lipinski definition) is 1. The number of hydrogen-bond donors (Lipinski definition) is 1. The molecule has 0 amide bonds. The van der Waals surface area contributed by atoms with Crippen LogP contribution in [0.1, 0.15) is 0 Å². The van der Waals surface area contributed by atoms with Crippen molar-refractivity contribution in [1.82, 2.24) is 0 Å². The highest BCUT2D eigenvalue weighted by Gasteiger charge is 1.83. The number of nitrogens with one attached hydrogen (secondary N) is 1. The number of allylic oxidation sites excluding steroid dienone is 4. The molecule has 1 aliphatic rings. The molecule has 0 aromatic heterocycles. The second kappa shape index (κ2) is 1.09. The van der Waals surface area contributed by atoms with Gasteiger partial charge in [0.1, 0.15) is 0 Å². The molecule has 0 bridgehead atoms. The van der Waals surface area contributed by atoms with Gasteiger partial charge in [0.05, 0.1) is 5.71 Å². The molecule has 0 saturated heterocycles. The zero-order valence-corrected chi connectivity index (χ0v) is 3.31. The van der Waals surface area contributed by atoms with E-state index in [4.69, 9.17) is 5.41 Å². The van der Waals surface area contributed by atoms with Gasteiger partial charge in [0, 0.05) is 0 Å². The molecular formula is C5H5N. The van der Waals surface area contributed by atoms with Crippen molar-refractivity contribution in [2.45, 2.75) is 0 Å². The monoisotopic (exact) mass is 79.0 g/mol. The lowest BCUT2D eigenvalue weighted by Crippen LogP contribution is -1.73. The maximum atomic E-state index is 6.88. The van der Waals surface area contributed by atoms with Gasteiger partial charge in [-0.1, -0.05) is 12.2 Å². The highest BCUT2D eigenvalue weighted by atomic mass is 14.4. The first-order valence-corrected chi connectivity index (χ1v) is 1.83. The molecule has 1 rings (SSSR count). The summed E-state index contributed by atoms with van der Waals surface area (Å²) >= 11 is 0. The van der Waals surface area contributed by atoms with E-state index in [0.29, 0.717) is 5.71 Å². The Labute approximate surface area is 36.5 Å². The van der Waals surface area contributed by atoms with Crippen LogP contribution in [0.5, 0.6) is 0 Å². The van der Waals surface area contributed by atoms with Crippen molar-refractivity contribution >= 4 is 5.71 Å². The summed E-state index contributed by atoms with van der Waals surface area (Å²) in [4.78, 5) is 0. The Balaban J connectivity index is 2.86. The molecule has 1 aliphatic carbocycles. The van der Waals surface area contributed by atoms with Gasteiger partial charge in [-0.05, 0) is 12.2 Å². The second-order valence-electron chi connectivity index (χ2n) is 1.17. The summed E-state index contributed by atoms with van der Waals surface area (Å²) in [5.41, 5.74) is 0.593. The standard InChI is InChI=1S/C5H5N/c6-5-3-1-2-4-5/h1-4,6H. The van der Waals surface area contributed by atoms with E-state index in [1.165, 1.54) is 0 Å². The largest absolute Gasteiger partial charge is 0.301 e. The third-order valence-electron chi connectivity index (χ3n) is 0.663. The van der Waals surface area contributed by atoms with Crippen LogP contribution in [0.15, 0.2) is 24.3 Å². The predicted molar refractivity (Wildman–Crippen MR) is 26.0 cm³/mol. The molecule has 6 heavy (non-hydrogen) atoms. The average Bonchev–Trinajstić information content (AvgIpc) is 1.86. The lowest BCUT2D eigenvalue weighted by Gasteiger charge is -1.68. The minimum Gasteiger partial charge on any atom is -0.301 e. The van der Waals surface area contributed by atoms with Gasteiger partial charge in [-0.2, -0.15) is 0 Å². The zero-order valence-electron chi connectivity index (χ0n) is 3.31. The summed E-state index contributed by atoms with van der Waals surface area (Å²) in [6, 6.07) is 0. The molecule has 0 radical (unpaired) electrons. The van der Waals surface area contributed by atoms with E-state index in [0.717, 1.165) is 0 Å². The lowest BCUT2D eigenvalue weighted by molar-refractivity contribution is 1.54. The predicted octanol–water partition coefficient (Wildman–Crippen LogP) is 1.13. The Hall–Kier alpha value is -0.850. The lowest BCUT2D eigenvalue weighted by atomic mass is 10.4. The molecule has 0 aromatic carbocycles. The van der Waals surface area contributed by atoms with E-state index in [1.54, 1.807) is 12.2 Å². The van der Waals surface area contributed by atoms with Gasteiger partial charge >= 0.3 is 0 Å². The number of rotatable bonds is 0. The van der Waals surface area contributed by atoms with Gasteiger partial charge in [0.25, 0.3) is 0 Å². The maximum Gasteiger partial charge on any atom is 0.0539 e. The Morgan fingerprint density at radius 2 is 1.67 bits per heavy atom. The highest BCUT2D eigenvalue weighted by Crippen LogP contribution is 1.89. The van der Waals surface area contributed by atoms with Gasteiger partial charge in [-0.15, -0.1) is 0 Å². The third-order valence-corrected chi connectivity index (χ3v) is 0.663. The van der Waals surface area contributed by atoms with Crippen LogP contribution >= 0.6 is 0 Å². The first-order chi connectivity index (χ1) is 2.89. The highest BCUT2D eigenvalue weighted by molar-refractivity contribution is 6.04. The minimum absolute atomic E-state index is 0.593. The smallest absolute Gasteiger partial charge is 0.0539 e. The van der Waals surface area contributed by atoms with Crippen molar-refractivity contribution in [3.05, 3.63) is 24.3 Å². The van der Waals surface area contributed by atoms with Crippen molar-refractivity contribution in [2.75, 3.05) is 0 Å². The maximum absolute atomic E-state index is 6.88. The molecule has 30 valence electrons. The fraction of sp³-hybridized carbons (Fsp3) is 0. The van der Waals surface area contributed by atoms with E-state index in [2.05, 4.69) is 0 Å². The molecule has 0 saturated carbocycles. The summed E-state index contributed by atoms with van der Waals surface area (Å²) in [6.45, 7) is 0. The molecule has 0 atom stereocenters. The zero-order chi connectivity index (χ0) is 4.41. The van der Waals surface area contributed by atoms with Crippen molar-refractivity contribution in [1.29, 1.82) is 5.41 Å². The molecule has 0 spiro atoms. The quantitative estimate of drug-likeness (QED) is 0.450. The van der Waals surface area contributed by atoms with E-state index in [-0.39, 0.29) is 0 Å². The van der Waals surface area contributed by atoms with E-state index < -0.39 is 0 Å². The molecule has 0 fully saturated rings. The van der Waals surface area contributed by atoms with Crippen LogP contribution in [-0.2, 0) is 0 Å². The summed E-state index contributed by atoms with van der Waals surface area (Å²) in [7, 11) is 0. The Morgan fingerprint density at radius 1 is 1.17 bits per heavy atom. The Kier molecular flexibility index (Phi) is 0.607. The first-order valence-electron chi connectivity index (χ1n) is 1.83. The van der Waals surface area contributed by atoms with Crippen molar-refractivity contribution in [2.24, 2.45) is 0 Å². The average molecular weight is 79.1 g/mol. The van der Waals surface area contributed by atoms with E-state index in [1.807, 2.05) is 12.2 Å². The van der Waals surface area contributed by atoms with Crippen LogP contribution in [0.2, 0.25) is 0 Å². The van der Waals surface area contributed by atoms with Crippen molar-refractivity contribution < 1.29 is 0 Å². The molecule has 1 heteroatoms.